The second-order valence-electron chi connectivity index (χ2n) is 7.67. The Morgan fingerprint density at radius 3 is 2.24 bits per heavy atom. The van der Waals surface area contributed by atoms with Crippen molar-refractivity contribution in [1.82, 2.24) is 0 Å². The molecule has 0 saturated carbocycles. The molecule has 3 rings (SSSR count). The molecule has 3 aromatic carbocycles. The molecule has 0 bridgehead atoms. The van der Waals surface area contributed by atoms with Gasteiger partial charge in [-0.1, -0.05) is 23.8 Å². The molecule has 0 amide bonds. The topological polar surface area (TPSA) is 73.9 Å². The Labute approximate surface area is 202 Å². The summed E-state index contributed by atoms with van der Waals surface area (Å²) in [6.45, 7) is 11.0. The molecule has 6 nitrogen and oxygen atoms in total. The van der Waals surface area contributed by atoms with E-state index in [-0.39, 0.29) is 10.6 Å². The zero-order valence-electron chi connectivity index (χ0n) is 19.8. The van der Waals surface area contributed by atoms with Gasteiger partial charge in [0.1, 0.15) is 10.6 Å². The fourth-order valence-corrected chi connectivity index (χ4v) is 4.37. The quantitative estimate of drug-likeness (QED) is 0.256. The van der Waals surface area contributed by atoms with Crippen molar-refractivity contribution in [2.75, 3.05) is 18.5 Å². The van der Waals surface area contributed by atoms with Crippen LogP contribution in [0.4, 0.5) is 5.69 Å². The third-order valence-electron chi connectivity index (χ3n) is 5.02. The Balaban J connectivity index is 1.89. The van der Waals surface area contributed by atoms with E-state index in [1.54, 1.807) is 24.3 Å². The fourth-order valence-electron chi connectivity index (χ4n) is 3.39. The van der Waals surface area contributed by atoms with Gasteiger partial charge in [-0.3, -0.25) is 0 Å². The van der Waals surface area contributed by atoms with Crippen LogP contribution in [0.3, 0.4) is 0 Å². The molecule has 0 fully saturated rings. The van der Waals surface area contributed by atoms with Gasteiger partial charge in [-0.05, 0) is 81.3 Å². The normalized spacial score (nSPS) is 11.0. The summed E-state index contributed by atoms with van der Waals surface area (Å²) in [7, 11) is -4.03. The highest BCUT2D eigenvalue weighted by Gasteiger charge is 2.22. The van der Waals surface area contributed by atoms with Gasteiger partial charge in [0.15, 0.2) is 11.5 Å². The highest BCUT2D eigenvalue weighted by atomic mass is 32.2. The maximum atomic E-state index is 13.0. The van der Waals surface area contributed by atoms with Crippen LogP contribution in [0.5, 0.6) is 17.2 Å². The van der Waals surface area contributed by atoms with Gasteiger partial charge < -0.3 is 19.0 Å². The lowest BCUT2D eigenvalue weighted by molar-refractivity contribution is 0.326. The zero-order valence-corrected chi connectivity index (χ0v) is 20.7. The maximum absolute atomic E-state index is 13.0. The highest BCUT2D eigenvalue weighted by Crippen LogP contribution is 2.36. The first-order valence-electron chi connectivity index (χ1n) is 11.2. The van der Waals surface area contributed by atoms with Crippen LogP contribution in [0.25, 0.3) is 0 Å². The molecule has 0 atom stereocenters. The van der Waals surface area contributed by atoms with E-state index < -0.39 is 10.1 Å². The van der Waals surface area contributed by atoms with E-state index in [9.17, 15) is 8.42 Å². The Kier molecular flexibility index (Phi) is 8.60. The molecular formula is C27H31NO5S. The molecule has 0 heterocycles. The van der Waals surface area contributed by atoms with Crippen LogP contribution in [-0.4, -0.2) is 21.6 Å². The van der Waals surface area contributed by atoms with Crippen molar-refractivity contribution in [2.24, 2.45) is 0 Å². The zero-order chi connectivity index (χ0) is 24.6. The van der Waals surface area contributed by atoms with Gasteiger partial charge in [0, 0.05) is 17.8 Å². The fraction of sp³-hybridized carbons (Fsp3) is 0.259. The number of nitrogens with one attached hydrogen (secondary N) is 1. The summed E-state index contributed by atoms with van der Waals surface area (Å²) in [5.41, 5.74) is 3.51. The Morgan fingerprint density at radius 2 is 1.62 bits per heavy atom. The third kappa shape index (κ3) is 6.54. The lowest BCUT2D eigenvalue weighted by atomic mass is 10.1. The standard InChI is InChI=1S/C27H31NO5S/c1-5-8-22-17-21(19-28-23-11-13-24(14-12-23)31-6-2)18-26(32-7-3)27(22)33-34(29,30)25-15-9-20(4)10-16-25/h5,9-18,28H,1,6-8,19H2,2-4H3. The summed E-state index contributed by atoms with van der Waals surface area (Å²) >= 11 is 0. The highest BCUT2D eigenvalue weighted by molar-refractivity contribution is 7.87. The second kappa shape index (κ2) is 11.6. The van der Waals surface area contributed by atoms with E-state index in [0.29, 0.717) is 37.5 Å². The average molecular weight is 482 g/mol. The van der Waals surface area contributed by atoms with E-state index in [2.05, 4.69) is 11.9 Å². The first kappa shape index (κ1) is 25.2. The molecule has 0 radical (unpaired) electrons. The lowest BCUT2D eigenvalue weighted by Gasteiger charge is -2.18. The Hall–Kier alpha value is -3.45. The Bertz CT molecular complexity index is 1200. The largest absolute Gasteiger partial charge is 0.494 e. The summed E-state index contributed by atoms with van der Waals surface area (Å²) < 4.78 is 42.8. The van der Waals surface area contributed by atoms with Crippen LogP contribution in [0.2, 0.25) is 0 Å². The number of aryl methyl sites for hydroxylation is 1. The minimum Gasteiger partial charge on any atom is -0.494 e. The van der Waals surface area contributed by atoms with Gasteiger partial charge in [-0.25, -0.2) is 0 Å². The van der Waals surface area contributed by atoms with Crippen molar-refractivity contribution in [3.63, 3.8) is 0 Å². The summed E-state index contributed by atoms with van der Waals surface area (Å²) in [5, 5.41) is 3.37. The molecule has 1 N–H and O–H groups in total. The van der Waals surface area contributed by atoms with E-state index in [4.69, 9.17) is 13.7 Å². The molecule has 0 aromatic heterocycles. The number of benzene rings is 3. The predicted octanol–water partition coefficient (Wildman–Crippen LogP) is 5.90. The molecule has 3 aromatic rings. The summed E-state index contributed by atoms with van der Waals surface area (Å²) in [6.07, 6.45) is 2.13. The van der Waals surface area contributed by atoms with E-state index in [1.165, 1.54) is 12.1 Å². The molecule has 0 aliphatic heterocycles. The smallest absolute Gasteiger partial charge is 0.339 e. The van der Waals surface area contributed by atoms with Gasteiger partial charge >= 0.3 is 10.1 Å². The summed E-state index contributed by atoms with van der Waals surface area (Å²) in [5.74, 6) is 1.38. The van der Waals surface area contributed by atoms with Crippen molar-refractivity contribution in [2.45, 2.75) is 38.6 Å². The van der Waals surface area contributed by atoms with E-state index in [1.807, 2.05) is 51.1 Å². The van der Waals surface area contributed by atoms with Crippen LogP contribution in [0.15, 0.2) is 78.2 Å². The van der Waals surface area contributed by atoms with Crippen molar-refractivity contribution < 1.29 is 22.1 Å². The molecular weight excluding hydrogens is 450 g/mol. The Morgan fingerprint density at radius 1 is 0.941 bits per heavy atom. The van der Waals surface area contributed by atoms with Crippen molar-refractivity contribution >= 4 is 15.8 Å². The number of anilines is 1. The summed E-state index contributed by atoms with van der Waals surface area (Å²) in [4.78, 5) is 0.0892. The van der Waals surface area contributed by atoms with Crippen LogP contribution < -0.4 is 19.0 Å². The number of hydrogen-bond acceptors (Lipinski definition) is 6. The van der Waals surface area contributed by atoms with Gasteiger partial charge in [0.2, 0.25) is 0 Å². The first-order chi connectivity index (χ1) is 16.4. The van der Waals surface area contributed by atoms with Crippen molar-refractivity contribution in [3.05, 3.63) is 90.0 Å². The average Bonchev–Trinajstić information content (AvgIpc) is 2.81. The predicted molar refractivity (Wildman–Crippen MR) is 135 cm³/mol. The number of ether oxygens (including phenoxy) is 2. The van der Waals surface area contributed by atoms with Gasteiger partial charge in [0.05, 0.1) is 13.2 Å². The molecule has 34 heavy (non-hydrogen) atoms. The van der Waals surface area contributed by atoms with Crippen LogP contribution >= 0.6 is 0 Å². The number of rotatable bonds is 12. The molecule has 0 unspecified atom stereocenters. The van der Waals surface area contributed by atoms with Gasteiger partial charge in [-0.2, -0.15) is 8.42 Å². The third-order valence-corrected chi connectivity index (χ3v) is 6.26. The SMILES string of the molecule is C=CCc1cc(CNc2ccc(OCC)cc2)cc(OCC)c1OS(=O)(=O)c1ccc(C)cc1. The summed E-state index contributed by atoms with van der Waals surface area (Å²) in [6, 6.07) is 18.0. The second-order valence-corrected chi connectivity index (χ2v) is 9.22. The number of allylic oxidation sites excluding steroid dienone is 1. The first-order valence-corrected chi connectivity index (χ1v) is 12.6. The molecule has 180 valence electrons. The van der Waals surface area contributed by atoms with Crippen molar-refractivity contribution in [1.29, 1.82) is 0 Å². The molecule has 0 aliphatic carbocycles. The lowest BCUT2D eigenvalue weighted by Crippen LogP contribution is -2.13. The number of hydrogen-bond donors (Lipinski definition) is 1. The molecule has 0 saturated heterocycles. The monoisotopic (exact) mass is 481 g/mol. The van der Waals surface area contributed by atoms with Crippen LogP contribution in [-0.2, 0) is 23.1 Å². The van der Waals surface area contributed by atoms with Crippen LogP contribution in [0, 0.1) is 6.92 Å². The molecule has 0 spiro atoms. The van der Waals surface area contributed by atoms with E-state index in [0.717, 1.165) is 22.6 Å². The van der Waals surface area contributed by atoms with Crippen LogP contribution in [0.1, 0.15) is 30.5 Å². The van der Waals surface area contributed by atoms with Gasteiger partial charge in [-0.15, -0.1) is 6.58 Å². The van der Waals surface area contributed by atoms with Crippen molar-refractivity contribution in [3.8, 4) is 17.2 Å². The minimum atomic E-state index is -4.03. The van der Waals surface area contributed by atoms with Gasteiger partial charge in [0.25, 0.3) is 0 Å². The van der Waals surface area contributed by atoms with E-state index >= 15 is 0 Å². The molecule has 0 aliphatic rings. The minimum absolute atomic E-state index is 0.0892. The molecule has 7 heteroatoms. The maximum Gasteiger partial charge on any atom is 0.339 e.